The molecule has 2 aromatic carbocycles. The Morgan fingerprint density at radius 3 is 2.76 bits per heavy atom. The third kappa shape index (κ3) is 2.88. The first-order valence-electron chi connectivity index (χ1n) is 6.52. The van der Waals surface area contributed by atoms with Gasteiger partial charge in [0.2, 0.25) is 0 Å². The molecule has 0 radical (unpaired) electrons. The van der Waals surface area contributed by atoms with Crippen molar-refractivity contribution in [1.82, 2.24) is 4.98 Å². The molecule has 0 aliphatic carbocycles. The summed E-state index contributed by atoms with van der Waals surface area (Å²) >= 11 is 3.43. The van der Waals surface area contributed by atoms with E-state index in [1.165, 1.54) is 0 Å². The zero-order valence-electron chi connectivity index (χ0n) is 11.1. The van der Waals surface area contributed by atoms with E-state index in [-0.39, 0.29) is 0 Å². The monoisotopic (exact) mass is 337 g/mol. The van der Waals surface area contributed by atoms with Crippen molar-refractivity contribution in [2.75, 3.05) is 5.32 Å². The lowest BCUT2D eigenvalue weighted by molar-refractivity contribution is 0.996. The predicted molar refractivity (Wildman–Crippen MR) is 87.9 cm³/mol. The maximum Gasteiger partial charge on any atom is 0.142 e. The van der Waals surface area contributed by atoms with Crippen molar-refractivity contribution in [2.24, 2.45) is 0 Å². The van der Waals surface area contributed by atoms with Gasteiger partial charge in [0.15, 0.2) is 0 Å². The van der Waals surface area contributed by atoms with E-state index in [9.17, 15) is 5.26 Å². The molecule has 0 amide bonds. The van der Waals surface area contributed by atoms with E-state index in [4.69, 9.17) is 0 Å². The van der Waals surface area contributed by atoms with Crippen LogP contribution in [0.5, 0.6) is 0 Å². The number of nitriles is 1. The van der Waals surface area contributed by atoms with Crippen LogP contribution in [0.3, 0.4) is 0 Å². The number of anilines is 1. The summed E-state index contributed by atoms with van der Waals surface area (Å²) in [5.41, 5.74) is 1.78. The Morgan fingerprint density at radius 2 is 1.95 bits per heavy atom. The molecule has 21 heavy (non-hydrogen) atoms. The van der Waals surface area contributed by atoms with Crippen molar-refractivity contribution < 1.29 is 0 Å². The number of pyridine rings is 1. The Hall–Kier alpha value is -2.38. The number of fused-ring (bicyclic) bond motifs is 1. The molecule has 0 aliphatic rings. The number of benzene rings is 2. The highest BCUT2D eigenvalue weighted by Crippen LogP contribution is 2.26. The Balaban J connectivity index is 2.01. The summed E-state index contributed by atoms with van der Waals surface area (Å²) in [5.74, 6) is 0. The Bertz CT molecular complexity index is 818. The van der Waals surface area contributed by atoms with Crippen LogP contribution in [0.2, 0.25) is 0 Å². The van der Waals surface area contributed by atoms with Gasteiger partial charge in [-0.2, -0.15) is 5.26 Å². The van der Waals surface area contributed by atoms with Crippen LogP contribution in [0.25, 0.3) is 10.8 Å². The van der Waals surface area contributed by atoms with E-state index in [1.54, 1.807) is 6.20 Å². The molecule has 1 aromatic heterocycles. The van der Waals surface area contributed by atoms with Crippen LogP contribution in [0.15, 0.2) is 65.4 Å². The molecule has 3 nitrogen and oxygen atoms in total. The fourth-order valence-corrected chi connectivity index (χ4v) is 2.69. The number of rotatable bonds is 3. The molecule has 0 aliphatic heterocycles. The first kappa shape index (κ1) is 13.6. The third-order valence-corrected chi connectivity index (χ3v) is 3.77. The topological polar surface area (TPSA) is 48.7 Å². The molecule has 4 heteroatoms. The largest absolute Gasteiger partial charge is 0.366 e. The van der Waals surface area contributed by atoms with Crippen LogP contribution in [-0.4, -0.2) is 4.98 Å². The fraction of sp³-hybridized carbons (Fsp3) is 0.0588. The highest BCUT2D eigenvalue weighted by Gasteiger charge is 2.14. The van der Waals surface area contributed by atoms with Crippen molar-refractivity contribution in [1.29, 1.82) is 5.26 Å². The van der Waals surface area contributed by atoms with Gasteiger partial charge in [0.25, 0.3) is 0 Å². The third-order valence-electron chi connectivity index (χ3n) is 3.27. The summed E-state index contributed by atoms with van der Waals surface area (Å²) in [6, 6.07) is 17.6. The molecule has 1 atom stereocenters. The van der Waals surface area contributed by atoms with Gasteiger partial charge < -0.3 is 5.32 Å². The standard InChI is InChI=1S/C17H12BrN3/c18-13-5-3-6-14(8-13)21-17(9-19)16-11-20-10-12-4-1-2-7-15(12)16/h1-8,10-11,17,21H. The minimum absolute atomic E-state index is 0.446. The van der Waals surface area contributed by atoms with E-state index < -0.39 is 6.04 Å². The molecule has 0 fully saturated rings. The molecule has 1 N–H and O–H groups in total. The molecule has 1 heterocycles. The van der Waals surface area contributed by atoms with Gasteiger partial charge >= 0.3 is 0 Å². The smallest absolute Gasteiger partial charge is 0.142 e. The minimum atomic E-state index is -0.446. The number of aromatic nitrogens is 1. The van der Waals surface area contributed by atoms with E-state index in [0.717, 1.165) is 26.5 Å². The summed E-state index contributed by atoms with van der Waals surface area (Å²) < 4.78 is 0.972. The summed E-state index contributed by atoms with van der Waals surface area (Å²) in [4.78, 5) is 4.24. The predicted octanol–water partition coefficient (Wildman–Crippen LogP) is 4.67. The fourth-order valence-electron chi connectivity index (χ4n) is 2.29. The van der Waals surface area contributed by atoms with Crippen molar-refractivity contribution in [3.05, 3.63) is 71.0 Å². The minimum Gasteiger partial charge on any atom is -0.366 e. The van der Waals surface area contributed by atoms with Crippen LogP contribution in [0.1, 0.15) is 11.6 Å². The Morgan fingerprint density at radius 1 is 1.10 bits per heavy atom. The summed E-state index contributed by atoms with van der Waals surface area (Å²) in [7, 11) is 0. The lowest BCUT2D eigenvalue weighted by Gasteiger charge is -2.15. The molecule has 3 rings (SSSR count). The lowest BCUT2D eigenvalue weighted by atomic mass is 10.0. The van der Waals surface area contributed by atoms with Gasteiger partial charge in [0, 0.05) is 33.5 Å². The van der Waals surface area contributed by atoms with Gasteiger partial charge in [0.05, 0.1) is 6.07 Å². The van der Waals surface area contributed by atoms with Crippen LogP contribution in [0.4, 0.5) is 5.69 Å². The number of halogens is 1. The van der Waals surface area contributed by atoms with E-state index >= 15 is 0 Å². The Labute approximate surface area is 131 Å². The van der Waals surface area contributed by atoms with Gasteiger partial charge in [-0.25, -0.2) is 0 Å². The second-order valence-corrected chi connectivity index (χ2v) is 5.58. The first-order valence-corrected chi connectivity index (χ1v) is 7.31. The van der Waals surface area contributed by atoms with Crippen molar-refractivity contribution in [3.63, 3.8) is 0 Å². The van der Waals surface area contributed by atoms with Gasteiger partial charge in [-0.15, -0.1) is 0 Å². The maximum atomic E-state index is 9.52. The van der Waals surface area contributed by atoms with Crippen LogP contribution >= 0.6 is 15.9 Å². The average Bonchev–Trinajstić information content (AvgIpc) is 2.52. The number of hydrogen-bond acceptors (Lipinski definition) is 3. The van der Waals surface area contributed by atoms with E-state index in [2.05, 4.69) is 32.3 Å². The molecule has 0 saturated carbocycles. The van der Waals surface area contributed by atoms with Crippen molar-refractivity contribution in [3.8, 4) is 6.07 Å². The van der Waals surface area contributed by atoms with E-state index in [0.29, 0.717) is 0 Å². The van der Waals surface area contributed by atoms with Crippen molar-refractivity contribution >= 4 is 32.4 Å². The zero-order valence-corrected chi connectivity index (χ0v) is 12.7. The second-order valence-electron chi connectivity index (χ2n) is 4.67. The average molecular weight is 338 g/mol. The number of nitrogens with one attached hydrogen (secondary N) is 1. The normalized spacial score (nSPS) is 11.8. The SMILES string of the molecule is N#CC(Nc1cccc(Br)c1)c1cncc2ccccc12. The van der Waals surface area contributed by atoms with Gasteiger partial charge in [-0.3, -0.25) is 4.98 Å². The van der Waals surface area contributed by atoms with Gasteiger partial charge in [0.1, 0.15) is 6.04 Å². The van der Waals surface area contributed by atoms with Gasteiger partial charge in [-0.05, 0) is 23.6 Å². The van der Waals surface area contributed by atoms with E-state index in [1.807, 2.05) is 54.7 Å². The first-order chi connectivity index (χ1) is 10.3. The van der Waals surface area contributed by atoms with Crippen LogP contribution in [0, 0.1) is 11.3 Å². The van der Waals surface area contributed by atoms with Crippen LogP contribution < -0.4 is 5.32 Å². The molecule has 1 unspecified atom stereocenters. The number of hydrogen-bond donors (Lipinski definition) is 1. The van der Waals surface area contributed by atoms with Crippen molar-refractivity contribution in [2.45, 2.75) is 6.04 Å². The molecular weight excluding hydrogens is 326 g/mol. The summed E-state index contributed by atoms with van der Waals surface area (Å²) in [5, 5.41) is 14.8. The summed E-state index contributed by atoms with van der Waals surface area (Å²) in [6.45, 7) is 0. The molecular formula is C17H12BrN3. The molecule has 3 aromatic rings. The van der Waals surface area contributed by atoms with Crippen LogP contribution in [-0.2, 0) is 0 Å². The Kier molecular flexibility index (Phi) is 3.85. The molecule has 0 bridgehead atoms. The van der Waals surface area contributed by atoms with Gasteiger partial charge in [-0.1, -0.05) is 46.3 Å². The lowest BCUT2D eigenvalue weighted by Crippen LogP contribution is -2.09. The maximum absolute atomic E-state index is 9.52. The molecule has 102 valence electrons. The highest BCUT2D eigenvalue weighted by atomic mass is 79.9. The molecule has 0 saturated heterocycles. The highest BCUT2D eigenvalue weighted by molar-refractivity contribution is 9.10. The second kappa shape index (κ2) is 5.94. The molecule has 0 spiro atoms. The quantitative estimate of drug-likeness (QED) is 0.755. The zero-order chi connectivity index (χ0) is 14.7. The number of nitrogens with zero attached hydrogens (tertiary/aromatic N) is 2. The summed E-state index contributed by atoms with van der Waals surface area (Å²) in [6.07, 6.45) is 3.56.